The van der Waals surface area contributed by atoms with Gasteiger partial charge >= 0.3 is 0 Å². The molecule has 2 rings (SSSR count). The molecule has 2 aliphatic heterocycles. The Bertz CT molecular complexity index is 255. The Balaban J connectivity index is 2.44. The van der Waals surface area contributed by atoms with E-state index in [9.17, 15) is 0 Å². The van der Waals surface area contributed by atoms with E-state index < -0.39 is 25.0 Å². The van der Waals surface area contributed by atoms with Crippen LogP contribution in [0.1, 0.15) is 21.1 Å². The lowest BCUT2D eigenvalue weighted by Crippen LogP contribution is -2.48. The van der Waals surface area contributed by atoms with Gasteiger partial charge in [-0.15, -0.1) is 0 Å². The molecule has 0 amide bonds. The van der Waals surface area contributed by atoms with Crippen LogP contribution < -0.4 is 10.6 Å². The van der Waals surface area contributed by atoms with E-state index in [-0.39, 0.29) is 12.8 Å². The molecule has 0 spiro atoms. The average Bonchev–Trinajstić information content (AvgIpc) is 2.25. The molecule has 46 valence electrons. The monoisotopic (exact) mass is 118 g/mol. The summed E-state index contributed by atoms with van der Waals surface area (Å²) in [5.41, 5.74) is 0. The summed E-state index contributed by atoms with van der Waals surface area (Å²) in [6.45, 7) is -4.31. The molecule has 2 nitrogen and oxygen atoms in total. The van der Waals surface area contributed by atoms with E-state index in [0.29, 0.717) is 0 Å². The van der Waals surface area contributed by atoms with Crippen molar-refractivity contribution in [3.8, 4) is 0 Å². The smallest absolute Gasteiger partial charge is 0.0478 e. The minimum absolute atomic E-state index is 0.135. The van der Waals surface area contributed by atoms with Gasteiger partial charge in [-0.25, -0.2) is 0 Å². The molecule has 2 bridgehead atoms. The van der Waals surface area contributed by atoms with Gasteiger partial charge in [0, 0.05) is 33.3 Å². The van der Waals surface area contributed by atoms with Crippen molar-refractivity contribution in [1.82, 2.24) is 10.6 Å². The van der Waals surface area contributed by atoms with Crippen LogP contribution in [0.25, 0.3) is 0 Å². The highest BCUT2D eigenvalue weighted by molar-refractivity contribution is 4.90. The van der Waals surface area contributed by atoms with Crippen molar-refractivity contribution in [3.63, 3.8) is 0 Å². The molecule has 8 heavy (non-hydrogen) atoms. The number of hydrogen-bond acceptors (Lipinski definition) is 2. The van der Waals surface area contributed by atoms with E-state index in [0.717, 1.165) is 0 Å². The molecule has 0 radical (unpaired) electrons. The molecular formula is C6H12N2. The van der Waals surface area contributed by atoms with E-state index in [1.54, 1.807) is 0 Å². The van der Waals surface area contributed by atoms with Gasteiger partial charge in [-0.1, -0.05) is 0 Å². The molecule has 2 heterocycles. The molecule has 2 atom stereocenters. The maximum Gasteiger partial charge on any atom is 0.0478 e. The Morgan fingerprint density at radius 1 is 1.38 bits per heavy atom. The van der Waals surface area contributed by atoms with Gasteiger partial charge in [0.05, 0.1) is 0 Å². The van der Waals surface area contributed by atoms with E-state index in [1.807, 2.05) is 0 Å². The topological polar surface area (TPSA) is 24.1 Å². The normalized spacial score (nSPS) is 87.0. The van der Waals surface area contributed by atoms with E-state index in [4.69, 9.17) is 8.22 Å². The molecule has 2 N–H and O–H groups in total. The second-order valence-electron chi connectivity index (χ2n) is 1.96. The van der Waals surface area contributed by atoms with Crippen molar-refractivity contribution >= 4 is 0 Å². The second-order valence-corrected chi connectivity index (χ2v) is 1.96. The molecule has 0 aliphatic carbocycles. The fraction of sp³-hybridized carbons (Fsp3) is 1.00. The van der Waals surface area contributed by atoms with Gasteiger partial charge in [0.15, 0.2) is 0 Å². The predicted molar refractivity (Wildman–Crippen MR) is 32.8 cm³/mol. The lowest BCUT2D eigenvalue weighted by atomic mass is 10.2. The van der Waals surface area contributed by atoms with Crippen molar-refractivity contribution < 1.29 is 8.22 Å². The van der Waals surface area contributed by atoms with Crippen LogP contribution in [0.2, 0.25) is 0 Å². The van der Waals surface area contributed by atoms with Crippen molar-refractivity contribution in [3.05, 3.63) is 0 Å². The molecule has 0 saturated carbocycles. The maximum absolute atomic E-state index is 7.78. The van der Waals surface area contributed by atoms with Crippen molar-refractivity contribution in [1.29, 1.82) is 0 Å². The number of rotatable bonds is 0. The van der Waals surface area contributed by atoms with Gasteiger partial charge < -0.3 is 10.6 Å². The van der Waals surface area contributed by atoms with Crippen LogP contribution in [0, 0.1) is 0 Å². The molecule has 2 fully saturated rings. The standard InChI is InChI=1S/C6H12N2/c1-2-6-4-7-3-5(1)8-6/h5-8H,1-4H2/i3D2,4D2,5D,6D. The van der Waals surface area contributed by atoms with E-state index in [1.165, 1.54) is 0 Å². The predicted octanol–water partition coefficient (Wildman–Crippen LogP) is -0.290. The fourth-order valence-corrected chi connectivity index (χ4v) is 0.927. The zero-order valence-corrected chi connectivity index (χ0v) is 4.41. The van der Waals surface area contributed by atoms with Crippen LogP contribution in [0.5, 0.6) is 0 Å². The number of piperazine rings is 1. The summed E-state index contributed by atoms with van der Waals surface area (Å²) in [5.74, 6) is 0. The molecule has 0 aromatic heterocycles. The van der Waals surface area contributed by atoms with E-state index >= 15 is 0 Å². The maximum atomic E-state index is 7.78. The van der Waals surface area contributed by atoms with Crippen molar-refractivity contribution in [2.45, 2.75) is 24.9 Å². The first-order chi connectivity index (χ1) is 6.12. The van der Waals surface area contributed by atoms with Gasteiger partial charge in [-0.3, -0.25) is 0 Å². The Morgan fingerprint density at radius 2 is 2.00 bits per heavy atom. The summed E-state index contributed by atoms with van der Waals surface area (Å²) < 4.78 is 45.7. The highest BCUT2D eigenvalue weighted by atomic mass is 15.1. The third kappa shape index (κ3) is 0.644. The first-order valence-corrected chi connectivity index (χ1v) is 2.71. The van der Waals surface area contributed by atoms with Gasteiger partial charge in [0.1, 0.15) is 0 Å². The zero-order valence-electron chi connectivity index (χ0n) is 10.4. The molecular weight excluding hydrogens is 100 g/mol. The Hall–Kier alpha value is -0.0800. The molecule has 2 aliphatic rings. The first kappa shape index (κ1) is 1.70. The van der Waals surface area contributed by atoms with Crippen LogP contribution in [0.15, 0.2) is 0 Å². The number of fused-ring (bicyclic) bond motifs is 2. The number of nitrogens with one attached hydrogen (secondary N) is 2. The lowest BCUT2D eigenvalue weighted by Gasteiger charge is -2.21. The van der Waals surface area contributed by atoms with Gasteiger partial charge in [-0.2, -0.15) is 0 Å². The Morgan fingerprint density at radius 3 is 2.62 bits per heavy atom. The van der Waals surface area contributed by atoms with Crippen LogP contribution in [-0.2, 0) is 0 Å². The summed E-state index contributed by atoms with van der Waals surface area (Å²) in [6.07, 6.45) is 0.270. The summed E-state index contributed by atoms with van der Waals surface area (Å²) in [5, 5.41) is 4.55. The van der Waals surface area contributed by atoms with Gasteiger partial charge in [0.25, 0.3) is 0 Å². The van der Waals surface area contributed by atoms with Crippen LogP contribution in [0.4, 0.5) is 0 Å². The summed E-state index contributed by atoms with van der Waals surface area (Å²) in [6, 6.07) is -3.19. The minimum atomic E-state index is -2.16. The van der Waals surface area contributed by atoms with Crippen molar-refractivity contribution in [2.75, 3.05) is 13.0 Å². The summed E-state index contributed by atoms with van der Waals surface area (Å²) in [4.78, 5) is 0. The first-order valence-electron chi connectivity index (χ1n) is 5.71. The zero-order chi connectivity index (χ0) is 10.8. The fourth-order valence-electron chi connectivity index (χ4n) is 0.927. The molecule has 2 heteroatoms. The summed E-state index contributed by atoms with van der Waals surface area (Å²) >= 11 is 0. The molecule has 0 aromatic carbocycles. The highest BCUT2D eigenvalue weighted by Gasteiger charge is 2.26. The van der Waals surface area contributed by atoms with E-state index in [2.05, 4.69) is 10.6 Å². The van der Waals surface area contributed by atoms with Crippen LogP contribution >= 0.6 is 0 Å². The third-order valence-electron chi connectivity index (χ3n) is 1.35. The SMILES string of the molecule is [2H]C1([2H])NC([2H])([2H])C2([2H])CCC1([2H])N2. The van der Waals surface area contributed by atoms with Crippen molar-refractivity contribution in [2.24, 2.45) is 0 Å². The Labute approximate surface area is 58.1 Å². The molecule has 0 aromatic rings. The van der Waals surface area contributed by atoms with Gasteiger partial charge in [0.2, 0.25) is 0 Å². The third-order valence-corrected chi connectivity index (χ3v) is 1.35. The van der Waals surface area contributed by atoms with Gasteiger partial charge in [-0.05, 0) is 12.8 Å². The quantitative estimate of drug-likeness (QED) is 0.457. The largest absolute Gasteiger partial charge is 0.314 e. The lowest BCUT2D eigenvalue weighted by molar-refractivity contribution is 0.423. The number of hydrogen-bond donors (Lipinski definition) is 2. The second kappa shape index (κ2) is 1.71. The Kier molecular flexibility index (Phi) is 0.364. The molecule has 2 unspecified atom stereocenters. The minimum Gasteiger partial charge on any atom is -0.314 e. The molecule has 2 saturated heterocycles. The van der Waals surface area contributed by atoms with Crippen LogP contribution in [0.3, 0.4) is 0 Å². The highest BCUT2D eigenvalue weighted by Crippen LogP contribution is 2.13. The average molecular weight is 118 g/mol. The summed E-state index contributed by atoms with van der Waals surface area (Å²) in [7, 11) is 0. The van der Waals surface area contributed by atoms with Crippen LogP contribution in [-0.4, -0.2) is 25.0 Å².